The third-order valence-corrected chi connectivity index (χ3v) is 2.49. The highest BCUT2D eigenvalue weighted by molar-refractivity contribution is 5.92. The molecule has 0 saturated carbocycles. The van der Waals surface area contributed by atoms with Crippen molar-refractivity contribution in [3.05, 3.63) is 35.4 Å². The van der Waals surface area contributed by atoms with Crippen LogP contribution in [0, 0.1) is 5.92 Å². The molecule has 0 aliphatic carbocycles. The number of rotatable bonds is 5. The van der Waals surface area contributed by atoms with E-state index < -0.39 is 0 Å². The number of carbonyl (C=O) groups excluding carboxylic acids is 1. The van der Waals surface area contributed by atoms with E-state index in [1.807, 2.05) is 12.1 Å². The summed E-state index contributed by atoms with van der Waals surface area (Å²) >= 11 is 0. The fraction of sp³-hybridized carbons (Fsp3) is 0.462. The van der Waals surface area contributed by atoms with E-state index in [-0.39, 0.29) is 5.91 Å². The number of benzene rings is 1. The van der Waals surface area contributed by atoms with Gasteiger partial charge in [0, 0.05) is 5.56 Å². The number of hydrogen-bond acceptors (Lipinski definition) is 1. The Bertz CT molecular complexity index is 314. The van der Waals surface area contributed by atoms with E-state index in [0.717, 1.165) is 12.3 Å². The van der Waals surface area contributed by atoms with Gasteiger partial charge in [0.05, 0.1) is 0 Å². The van der Waals surface area contributed by atoms with Gasteiger partial charge in [-0.1, -0.05) is 32.4 Å². The Hall–Kier alpha value is -1.31. The Morgan fingerprint density at radius 2 is 1.87 bits per heavy atom. The molecule has 0 radical (unpaired) electrons. The first-order valence-electron chi connectivity index (χ1n) is 5.48. The van der Waals surface area contributed by atoms with E-state index in [0.29, 0.717) is 5.56 Å². The van der Waals surface area contributed by atoms with Crippen molar-refractivity contribution in [1.82, 2.24) is 0 Å². The van der Waals surface area contributed by atoms with Gasteiger partial charge in [0.2, 0.25) is 5.91 Å². The minimum Gasteiger partial charge on any atom is -0.366 e. The van der Waals surface area contributed by atoms with Crippen LogP contribution in [0.4, 0.5) is 0 Å². The van der Waals surface area contributed by atoms with Gasteiger partial charge in [-0.3, -0.25) is 4.79 Å². The molecule has 0 bridgehead atoms. The Balaban J connectivity index is 2.46. The second-order valence-corrected chi connectivity index (χ2v) is 4.35. The number of amides is 1. The molecular weight excluding hydrogens is 186 g/mol. The monoisotopic (exact) mass is 205 g/mol. The Labute approximate surface area is 91.5 Å². The summed E-state index contributed by atoms with van der Waals surface area (Å²) in [5.41, 5.74) is 7.03. The molecule has 2 nitrogen and oxygen atoms in total. The normalized spacial score (nSPS) is 10.6. The lowest BCUT2D eigenvalue weighted by atomic mass is 10.0. The van der Waals surface area contributed by atoms with E-state index in [4.69, 9.17) is 5.73 Å². The van der Waals surface area contributed by atoms with Gasteiger partial charge in [-0.05, 0) is 36.5 Å². The molecule has 1 aromatic rings. The number of hydrogen-bond donors (Lipinski definition) is 1. The molecule has 0 atom stereocenters. The average Bonchev–Trinajstić information content (AvgIpc) is 2.18. The first-order valence-corrected chi connectivity index (χ1v) is 5.48. The summed E-state index contributed by atoms with van der Waals surface area (Å²) in [6, 6.07) is 7.57. The van der Waals surface area contributed by atoms with Crippen LogP contribution in [0.1, 0.15) is 42.6 Å². The molecule has 0 aliphatic heterocycles. The molecule has 0 aromatic heterocycles. The van der Waals surface area contributed by atoms with Crippen molar-refractivity contribution in [2.24, 2.45) is 11.7 Å². The van der Waals surface area contributed by atoms with Crippen LogP contribution < -0.4 is 5.73 Å². The Morgan fingerprint density at radius 1 is 1.27 bits per heavy atom. The molecule has 0 saturated heterocycles. The van der Waals surface area contributed by atoms with Crippen molar-refractivity contribution in [1.29, 1.82) is 0 Å². The topological polar surface area (TPSA) is 43.1 Å². The molecule has 0 unspecified atom stereocenters. The molecule has 1 rings (SSSR count). The number of aryl methyl sites for hydroxylation is 1. The third-order valence-electron chi connectivity index (χ3n) is 2.49. The minimum absolute atomic E-state index is 0.358. The van der Waals surface area contributed by atoms with Crippen molar-refractivity contribution < 1.29 is 4.79 Å². The highest BCUT2D eigenvalue weighted by Crippen LogP contribution is 2.10. The lowest BCUT2D eigenvalue weighted by Crippen LogP contribution is -2.10. The zero-order valence-corrected chi connectivity index (χ0v) is 9.49. The van der Waals surface area contributed by atoms with Gasteiger partial charge < -0.3 is 5.73 Å². The molecular formula is C13H19NO. The SMILES string of the molecule is CC(C)CCCc1ccc(C(N)=O)cc1. The van der Waals surface area contributed by atoms with Gasteiger partial charge in [-0.2, -0.15) is 0 Å². The summed E-state index contributed by atoms with van der Waals surface area (Å²) < 4.78 is 0. The first kappa shape index (κ1) is 11.8. The van der Waals surface area contributed by atoms with Crippen molar-refractivity contribution in [2.75, 3.05) is 0 Å². The van der Waals surface area contributed by atoms with Crippen LogP contribution in [0.3, 0.4) is 0 Å². The lowest BCUT2D eigenvalue weighted by molar-refractivity contribution is 0.100. The molecule has 1 aromatic carbocycles. The minimum atomic E-state index is -0.358. The first-order chi connectivity index (χ1) is 7.09. The summed E-state index contributed by atoms with van der Waals surface area (Å²) in [5.74, 6) is 0.402. The van der Waals surface area contributed by atoms with Crippen LogP contribution in [0.2, 0.25) is 0 Å². The van der Waals surface area contributed by atoms with Gasteiger partial charge in [0.25, 0.3) is 0 Å². The fourth-order valence-corrected chi connectivity index (χ4v) is 1.55. The number of carbonyl (C=O) groups is 1. The van der Waals surface area contributed by atoms with Crippen molar-refractivity contribution in [3.8, 4) is 0 Å². The summed E-state index contributed by atoms with van der Waals surface area (Å²) in [5, 5.41) is 0. The van der Waals surface area contributed by atoms with Gasteiger partial charge >= 0.3 is 0 Å². The molecule has 15 heavy (non-hydrogen) atoms. The van der Waals surface area contributed by atoms with Gasteiger partial charge in [0.1, 0.15) is 0 Å². The maximum atomic E-state index is 10.8. The van der Waals surface area contributed by atoms with Gasteiger partial charge in [-0.25, -0.2) is 0 Å². The lowest BCUT2D eigenvalue weighted by Gasteiger charge is -2.04. The van der Waals surface area contributed by atoms with Crippen LogP contribution in [0.25, 0.3) is 0 Å². The van der Waals surface area contributed by atoms with E-state index in [1.54, 1.807) is 12.1 Å². The molecule has 2 N–H and O–H groups in total. The highest BCUT2D eigenvalue weighted by Gasteiger charge is 2.00. The molecule has 1 amide bonds. The highest BCUT2D eigenvalue weighted by atomic mass is 16.1. The van der Waals surface area contributed by atoms with E-state index in [1.165, 1.54) is 18.4 Å². The van der Waals surface area contributed by atoms with Crippen molar-refractivity contribution in [2.45, 2.75) is 33.1 Å². The van der Waals surface area contributed by atoms with E-state index in [2.05, 4.69) is 13.8 Å². The molecule has 0 fully saturated rings. The summed E-state index contributed by atoms with van der Waals surface area (Å²) in [6.07, 6.45) is 3.53. The zero-order valence-electron chi connectivity index (χ0n) is 9.49. The molecule has 82 valence electrons. The van der Waals surface area contributed by atoms with Gasteiger partial charge in [-0.15, -0.1) is 0 Å². The van der Waals surface area contributed by atoms with E-state index >= 15 is 0 Å². The number of nitrogens with two attached hydrogens (primary N) is 1. The van der Waals surface area contributed by atoms with Crippen molar-refractivity contribution >= 4 is 5.91 Å². The molecule has 2 heteroatoms. The average molecular weight is 205 g/mol. The maximum Gasteiger partial charge on any atom is 0.248 e. The summed E-state index contributed by atoms with van der Waals surface area (Å²) in [4.78, 5) is 10.8. The Morgan fingerprint density at radius 3 is 2.33 bits per heavy atom. The van der Waals surface area contributed by atoms with Gasteiger partial charge in [0.15, 0.2) is 0 Å². The quantitative estimate of drug-likeness (QED) is 0.789. The number of primary amides is 1. The molecule has 0 aliphatic rings. The van der Waals surface area contributed by atoms with Crippen LogP contribution in [-0.4, -0.2) is 5.91 Å². The summed E-state index contributed by atoms with van der Waals surface area (Å²) in [7, 11) is 0. The fourth-order valence-electron chi connectivity index (χ4n) is 1.55. The smallest absolute Gasteiger partial charge is 0.248 e. The predicted octanol–water partition coefficient (Wildman–Crippen LogP) is 2.76. The standard InChI is InChI=1S/C13H19NO/c1-10(2)4-3-5-11-6-8-12(9-7-11)13(14)15/h6-10H,3-5H2,1-2H3,(H2,14,15). The Kier molecular flexibility index (Phi) is 4.35. The maximum absolute atomic E-state index is 10.8. The molecule has 0 heterocycles. The van der Waals surface area contributed by atoms with Crippen LogP contribution >= 0.6 is 0 Å². The largest absolute Gasteiger partial charge is 0.366 e. The van der Waals surface area contributed by atoms with Crippen LogP contribution in [0.15, 0.2) is 24.3 Å². The third kappa shape index (κ3) is 4.15. The zero-order chi connectivity index (χ0) is 11.3. The molecule has 0 spiro atoms. The summed E-state index contributed by atoms with van der Waals surface area (Å²) in [6.45, 7) is 4.46. The second-order valence-electron chi connectivity index (χ2n) is 4.35. The predicted molar refractivity (Wildman–Crippen MR) is 62.7 cm³/mol. The van der Waals surface area contributed by atoms with Crippen molar-refractivity contribution in [3.63, 3.8) is 0 Å². The second kappa shape index (κ2) is 5.54. The van der Waals surface area contributed by atoms with Crippen LogP contribution in [-0.2, 0) is 6.42 Å². The van der Waals surface area contributed by atoms with E-state index in [9.17, 15) is 4.79 Å². The van der Waals surface area contributed by atoms with Crippen LogP contribution in [0.5, 0.6) is 0 Å².